The van der Waals surface area contributed by atoms with Crippen molar-refractivity contribution in [2.45, 2.75) is 25.6 Å². The molecule has 2 aromatic rings. The van der Waals surface area contributed by atoms with Gasteiger partial charge in [-0.3, -0.25) is 9.59 Å². The first-order valence-electron chi connectivity index (χ1n) is 7.95. The Morgan fingerprint density at radius 1 is 1.12 bits per heavy atom. The summed E-state index contributed by atoms with van der Waals surface area (Å²) < 4.78 is 0. The van der Waals surface area contributed by atoms with Gasteiger partial charge in [-0.2, -0.15) is 0 Å². The van der Waals surface area contributed by atoms with E-state index in [-0.39, 0.29) is 22.8 Å². The van der Waals surface area contributed by atoms with Crippen LogP contribution in [0.1, 0.15) is 18.1 Å². The Hall–Kier alpha value is -1.98. The van der Waals surface area contributed by atoms with Gasteiger partial charge in [-0.25, -0.2) is 0 Å². The largest absolute Gasteiger partial charge is 0.351 e. The Bertz CT molecular complexity index is 734. The van der Waals surface area contributed by atoms with Crippen LogP contribution in [0.15, 0.2) is 48.5 Å². The fourth-order valence-electron chi connectivity index (χ4n) is 2.08. The van der Waals surface area contributed by atoms with Gasteiger partial charge in [-0.05, 0) is 37.6 Å². The van der Waals surface area contributed by atoms with E-state index in [4.69, 9.17) is 11.6 Å². The van der Waals surface area contributed by atoms with Crippen molar-refractivity contribution >= 4 is 40.9 Å². The van der Waals surface area contributed by atoms with Gasteiger partial charge in [0.15, 0.2) is 0 Å². The van der Waals surface area contributed by atoms with E-state index < -0.39 is 0 Å². The zero-order valence-electron chi connectivity index (χ0n) is 14.2. The minimum absolute atomic E-state index is 0.118. The van der Waals surface area contributed by atoms with E-state index in [1.165, 1.54) is 11.8 Å². The van der Waals surface area contributed by atoms with Crippen LogP contribution < -0.4 is 10.6 Å². The molecule has 2 rings (SSSR count). The maximum atomic E-state index is 12.1. The third-order valence-electron chi connectivity index (χ3n) is 3.58. The summed E-state index contributed by atoms with van der Waals surface area (Å²) in [5, 5.41) is 5.96. The lowest BCUT2D eigenvalue weighted by Crippen LogP contribution is -2.31. The average molecular weight is 377 g/mol. The van der Waals surface area contributed by atoms with Gasteiger partial charge in [0.2, 0.25) is 11.8 Å². The number of nitrogens with one attached hydrogen (secondary N) is 2. The van der Waals surface area contributed by atoms with Gasteiger partial charge in [0.25, 0.3) is 0 Å². The molecule has 2 amide bonds. The predicted octanol–water partition coefficient (Wildman–Crippen LogP) is 4.03. The first-order chi connectivity index (χ1) is 12.0. The van der Waals surface area contributed by atoms with Crippen LogP contribution in [0, 0.1) is 6.92 Å². The molecule has 1 atom stereocenters. The molecule has 25 heavy (non-hydrogen) atoms. The van der Waals surface area contributed by atoms with Crippen LogP contribution >= 0.6 is 23.4 Å². The first kappa shape index (κ1) is 19.3. The van der Waals surface area contributed by atoms with Crippen molar-refractivity contribution < 1.29 is 9.59 Å². The lowest BCUT2D eigenvalue weighted by Gasteiger charge is -2.13. The molecule has 0 aliphatic carbocycles. The monoisotopic (exact) mass is 376 g/mol. The van der Waals surface area contributed by atoms with Gasteiger partial charge in [0.05, 0.1) is 11.0 Å². The molecule has 0 heterocycles. The zero-order chi connectivity index (χ0) is 18.2. The lowest BCUT2D eigenvalue weighted by atomic mass is 10.2. The molecule has 0 aliphatic rings. The number of hydrogen-bond donors (Lipinski definition) is 2. The molecule has 0 saturated heterocycles. The average Bonchev–Trinajstić information content (AvgIpc) is 2.60. The summed E-state index contributed by atoms with van der Waals surface area (Å²) in [5.41, 5.74) is 2.76. The zero-order valence-corrected chi connectivity index (χ0v) is 15.8. The fourth-order valence-corrected chi connectivity index (χ4v) is 2.99. The molecule has 2 N–H and O–H groups in total. The van der Waals surface area contributed by atoms with E-state index in [0.29, 0.717) is 11.6 Å². The van der Waals surface area contributed by atoms with Crippen molar-refractivity contribution in [3.8, 4) is 0 Å². The normalized spacial score (nSPS) is 11.6. The maximum Gasteiger partial charge on any atom is 0.234 e. The van der Waals surface area contributed by atoms with E-state index in [1.54, 1.807) is 13.0 Å². The highest BCUT2D eigenvalue weighted by atomic mass is 35.5. The van der Waals surface area contributed by atoms with Crippen molar-refractivity contribution in [1.82, 2.24) is 5.32 Å². The summed E-state index contributed by atoms with van der Waals surface area (Å²) in [6.07, 6.45) is 0. The summed E-state index contributed by atoms with van der Waals surface area (Å²) in [6.45, 7) is 4.15. The summed E-state index contributed by atoms with van der Waals surface area (Å²) in [6, 6.07) is 15.0. The SMILES string of the molecule is Cc1ccc(NC(=O)CS[C@@H](C)C(=O)NCc2ccccc2Cl)cc1. The van der Waals surface area contributed by atoms with E-state index in [1.807, 2.05) is 49.4 Å². The Balaban J connectivity index is 1.74. The quantitative estimate of drug-likeness (QED) is 0.767. The molecule has 0 fully saturated rings. The molecule has 0 spiro atoms. The summed E-state index contributed by atoms with van der Waals surface area (Å²) in [5.74, 6) is -0.0261. The number of thioether (sulfide) groups is 1. The number of anilines is 1. The van der Waals surface area contributed by atoms with Crippen molar-refractivity contribution in [1.29, 1.82) is 0 Å². The van der Waals surface area contributed by atoms with Crippen molar-refractivity contribution in [3.63, 3.8) is 0 Å². The Morgan fingerprint density at radius 2 is 1.80 bits per heavy atom. The van der Waals surface area contributed by atoms with Crippen LogP contribution in [0.25, 0.3) is 0 Å². The molecule has 4 nitrogen and oxygen atoms in total. The van der Waals surface area contributed by atoms with E-state index >= 15 is 0 Å². The highest BCUT2D eigenvalue weighted by molar-refractivity contribution is 8.01. The third kappa shape index (κ3) is 6.44. The predicted molar refractivity (Wildman–Crippen MR) is 105 cm³/mol. The number of aryl methyl sites for hydroxylation is 1. The second-order valence-electron chi connectivity index (χ2n) is 5.68. The molecule has 2 aromatic carbocycles. The number of carbonyl (C=O) groups is 2. The fraction of sp³-hybridized carbons (Fsp3) is 0.263. The molecule has 0 bridgehead atoms. The molecular weight excluding hydrogens is 356 g/mol. The Labute approximate surface area is 157 Å². The molecule has 6 heteroatoms. The van der Waals surface area contributed by atoms with Crippen LogP contribution in [-0.4, -0.2) is 22.8 Å². The molecule has 0 saturated carbocycles. The van der Waals surface area contributed by atoms with Gasteiger partial charge < -0.3 is 10.6 Å². The lowest BCUT2D eigenvalue weighted by molar-refractivity contribution is -0.120. The first-order valence-corrected chi connectivity index (χ1v) is 9.37. The van der Waals surface area contributed by atoms with Crippen LogP contribution in [0.2, 0.25) is 5.02 Å². The second kappa shape index (κ2) is 9.49. The minimum Gasteiger partial charge on any atom is -0.351 e. The highest BCUT2D eigenvalue weighted by Crippen LogP contribution is 2.16. The number of carbonyl (C=O) groups excluding carboxylic acids is 2. The number of rotatable bonds is 7. The molecule has 0 aromatic heterocycles. The van der Waals surface area contributed by atoms with Gasteiger partial charge in [-0.1, -0.05) is 47.5 Å². The number of benzene rings is 2. The van der Waals surface area contributed by atoms with Gasteiger partial charge in [0.1, 0.15) is 0 Å². The van der Waals surface area contributed by atoms with Crippen molar-refractivity contribution in [2.75, 3.05) is 11.1 Å². The summed E-state index contributed by atoms with van der Waals surface area (Å²) >= 11 is 7.36. The standard InChI is InChI=1S/C19H21ClN2O2S/c1-13-7-9-16(10-8-13)22-18(23)12-25-14(2)19(24)21-11-15-5-3-4-6-17(15)20/h3-10,14H,11-12H2,1-2H3,(H,21,24)(H,22,23)/t14-/m0/s1. The molecule has 0 radical (unpaired) electrons. The van der Waals surface area contributed by atoms with Gasteiger partial charge in [-0.15, -0.1) is 11.8 Å². The molecule has 0 aliphatic heterocycles. The Morgan fingerprint density at radius 3 is 2.48 bits per heavy atom. The van der Waals surface area contributed by atoms with Crippen molar-refractivity contribution in [2.24, 2.45) is 0 Å². The molecule has 0 unspecified atom stereocenters. The topological polar surface area (TPSA) is 58.2 Å². The second-order valence-corrected chi connectivity index (χ2v) is 7.41. The van der Waals surface area contributed by atoms with Crippen LogP contribution in [0.3, 0.4) is 0 Å². The number of halogens is 1. The minimum atomic E-state index is -0.328. The van der Waals surface area contributed by atoms with Gasteiger partial charge >= 0.3 is 0 Å². The summed E-state index contributed by atoms with van der Waals surface area (Å²) in [4.78, 5) is 24.1. The Kier molecular flexibility index (Phi) is 7.34. The molecule has 132 valence electrons. The third-order valence-corrected chi connectivity index (χ3v) is 5.09. The molecular formula is C19H21ClN2O2S. The smallest absolute Gasteiger partial charge is 0.234 e. The number of amides is 2. The maximum absolute atomic E-state index is 12.1. The summed E-state index contributed by atoms with van der Waals surface area (Å²) in [7, 11) is 0. The van der Waals surface area contributed by atoms with Crippen molar-refractivity contribution in [3.05, 3.63) is 64.7 Å². The van der Waals surface area contributed by atoms with E-state index in [2.05, 4.69) is 10.6 Å². The van der Waals surface area contributed by atoms with E-state index in [9.17, 15) is 9.59 Å². The van der Waals surface area contributed by atoms with Gasteiger partial charge in [0, 0.05) is 17.3 Å². The van der Waals surface area contributed by atoms with Crippen LogP contribution in [0.5, 0.6) is 0 Å². The van der Waals surface area contributed by atoms with E-state index in [0.717, 1.165) is 16.8 Å². The van der Waals surface area contributed by atoms with Crippen LogP contribution in [0.4, 0.5) is 5.69 Å². The highest BCUT2D eigenvalue weighted by Gasteiger charge is 2.15. The van der Waals surface area contributed by atoms with Crippen LogP contribution in [-0.2, 0) is 16.1 Å². The number of hydrogen-bond acceptors (Lipinski definition) is 3.